The molecule has 1 rings (SSSR count). The highest BCUT2D eigenvalue weighted by Gasteiger charge is 2.04. The number of allylic oxidation sites excluding steroid dienone is 1. The summed E-state index contributed by atoms with van der Waals surface area (Å²) in [6.45, 7) is 10.7. The van der Waals surface area contributed by atoms with Gasteiger partial charge < -0.3 is 0 Å². The topological polar surface area (TPSA) is 17.8 Å². The number of unbranched alkanes of at least 4 members (excludes halogenated alkanes) is 1. The van der Waals surface area contributed by atoms with Crippen LogP contribution in [-0.4, -0.2) is 9.78 Å². The second kappa shape index (κ2) is 9.93. The number of hydrogen-bond acceptors (Lipinski definition) is 1. The Balaban J connectivity index is 0.00000137. The molecule has 2 heteroatoms. The predicted octanol–water partition coefficient (Wildman–Crippen LogP) is 4.99. The van der Waals surface area contributed by atoms with E-state index < -0.39 is 0 Å². The van der Waals surface area contributed by atoms with Crippen LogP contribution < -0.4 is 0 Å². The lowest BCUT2D eigenvalue weighted by Gasteiger charge is -2.04. The van der Waals surface area contributed by atoms with Crippen LogP contribution >= 0.6 is 0 Å². The molecule has 1 heterocycles. The minimum Gasteiger partial charge on any atom is -0.272 e. The Bertz CT molecular complexity index is 348. The van der Waals surface area contributed by atoms with Crippen LogP contribution in [0.5, 0.6) is 0 Å². The minimum absolute atomic E-state index is 1.05. The van der Waals surface area contributed by atoms with Gasteiger partial charge >= 0.3 is 0 Å². The zero-order valence-corrected chi connectivity index (χ0v) is 13.1. The Labute approximate surface area is 113 Å². The highest BCUT2D eigenvalue weighted by atomic mass is 15.3. The summed E-state index contributed by atoms with van der Waals surface area (Å²) in [5.74, 6) is 0. The van der Waals surface area contributed by atoms with Crippen molar-refractivity contribution < 1.29 is 0 Å². The molecule has 0 amide bonds. The van der Waals surface area contributed by atoms with Crippen LogP contribution in [0.2, 0.25) is 0 Å². The van der Waals surface area contributed by atoms with Gasteiger partial charge in [-0.2, -0.15) is 5.10 Å². The molecule has 0 aliphatic carbocycles. The number of nitrogens with zero attached hydrogens (tertiary/aromatic N) is 2. The van der Waals surface area contributed by atoms with Crippen molar-refractivity contribution in [2.75, 3.05) is 0 Å². The predicted molar refractivity (Wildman–Crippen MR) is 81.7 cm³/mol. The molecule has 0 aliphatic rings. The molecule has 1 aromatic rings. The van der Waals surface area contributed by atoms with Crippen LogP contribution in [0.4, 0.5) is 0 Å². The second-order valence-corrected chi connectivity index (χ2v) is 4.28. The average Bonchev–Trinajstić information content (AvgIpc) is 2.77. The highest BCUT2D eigenvalue weighted by Crippen LogP contribution is 2.18. The minimum atomic E-state index is 1.05. The van der Waals surface area contributed by atoms with Crippen molar-refractivity contribution in [2.45, 2.75) is 66.7 Å². The molecule has 1 aromatic heterocycles. The number of aryl methyl sites for hydroxylation is 1. The van der Waals surface area contributed by atoms with E-state index in [1.165, 1.54) is 30.5 Å². The molecule has 0 spiro atoms. The summed E-state index contributed by atoms with van der Waals surface area (Å²) >= 11 is 0. The number of hydrogen-bond donors (Lipinski definition) is 0. The van der Waals surface area contributed by atoms with E-state index in [-0.39, 0.29) is 0 Å². The first kappa shape index (κ1) is 16.9. The van der Waals surface area contributed by atoms with Gasteiger partial charge in [-0.3, -0.25) is 4.68 Å². The van der Waals surface area contributed by atoms with Gasteiger partial charge in [0.05, 0.1) is 6.20 Å². The fourth-order valence-corrected chi connectivity index (χ4v) is 2.01. The SMILES string of the molecule is CC.CCCC/C(=C/c1cnn(C)c1CC)CC. The van der Waals surface area contributed by atoms with E-state index in [4.69, 9.17) is 0 Å². The Morgan fingerprint density at radius 2 is 1.94 bits per heavy atom. The van der Waals surface area contributed by atoms with Crippen molar-refractivity contribution in [1.82, 2.24) is 9.78 Å². The molecule has 0 aromatic carbocycles. The van der Waals surface area contributed by atoms with E-state index in [0.29, 0.717) is 0 Å². The van der Waals surface area contributed by atoms with Gasteiger partial charge in [0.15, 0.2) is 0 Å². The van der Waals surface area contributed by atoms with Gasteiger partial charge in [0, 0.05) is 18.3 Å². The van der Waals surface area contributed by atoms with Crippen LogP contribution in [0.1, 0.15) is 71.6 Å². The first-order valence-corrected chi connectivity index (χ1v) is 7.43. The molecule has 2 nitrogen and oxygen atoms in total. The summed E-state index contributed by atoms with van der Waals surface area (Å²) in [7, 11) is 2.02. The maximum absolute atomic E-state index is 4.33. The number of aromatic nitrogens is 2. The summed E-state index contributed by atoms with van der Waals surface area (Å²) in [6, 6.07) is 0. The zero-order chi connectivity index (χ0) is 14.0. The van der Waals surface area contributed by atoms with Gasteiger partial charge in [-0.15, -0.1) is 0 Å². The molecule has 18 heavy (non-hydrogen) atoms. The molecular formula is C16H30N2. The fourth-order valence-electron chi connectivity index (χ4n) is 2.01. The largest absolute Gasteiger partial charge is 0.272 e. The first-order chi connectivity index (χ1) is 8.72. The second-order valence-electron chi connectivity index (χ2n) is 4.28. The van der Waals surface area contributed by atoms with Crippen molar-refractivity contribution in [3.05, 3.63) is 23.0 Å². The summed E-state index contributed by atoms with van der Waals surface area (Å²) in [5.41, 5.74) is 4.19. The Morgan fingerprint density at radius 3 is 2.44 bits per heavy atom. The summed E-state index contributed by atoms with van der Waals surface area (Å²) in [4.78, 5) is 0. The summed E-state index contributed by atoms with van der Waals surface area (Å²) in [6.07, 6.45) is 10.3. The molecule has 0 radical (unpaired) electrons. The summed E-state index contributed by atoms with van der Waals surface area (Å²) in [5, 5.41) is 4.33. The van der Waals surface area contributed by atoms with Gasteiger partial charge in [0.2, 0.25) is 0 Å². The third-order valence-corrected chi connectivity index (χ3v) is 3.09. The van der Waals surface area contributed by atoms with Gasteiger partial charge in [-0.1, -0.05) is 52.7 Å². The maximum Gasteiger partial charge on any atom is 0.0565 e. The first-order valence-electron chi connectivity index (χ1n) is 7.43. The lowest BCUT2D eigenvalue weighted by Crippen LogP contribution is -1.97. The smallest absolute Gasteiger partial charge is 0.0565 e. The van der Waals surface area contributed by atoms with Crippen LogP contribution in [0.3, 0.4) is 0 Å². The Hall–Kier alpha value is -1.05. The van der Waals surface area contributed by atoms with Crippen molar-refractivity contribution in [1.29, 1.82) is 0 Å². The monoisotopic (exact) mass is 250 g/mol. The third kappa shape index (κ3) is 5.07. The van der Waals surface area contributed by atoms with Gasteiger partial charge in [0.1, 0.15) is 0 Å². The maximum atomic E-state index is 4.33. The summed E-state index contributed by atoms with van der Waals surface area (Å²) < 4.78 is 1.99. The Morgan fingerprint density at radius 1 is 1.28 bits per heavy atom. The van der Waals surface area contributed by atoms with E-state index in [1.807, 2.05) is 31.8 Å². The van der Waals surface area contributed by atoms with Gasteiger partial charge in [-0.05, 0) is 25.7 Å². The van der Waals surface area contributed by atoms with E-state index in [2.05, 4.69) is 31.9 Å². The highest BCUT2D eigenvalue weighted by molar-refractivity contribution is 5.54. The Kier molecular flexibility index (Phi) is 9.35. The molecule has 0 saturated carbocycles. The third-order valence-electron chi connectivity index (χ3n) is 3.09. The molecule has 0 N–H and O–H groups in total. The van der Waals surface area contributed by atoms with E-state index in [9.17, 15) is 0 Å². The van der Waals surface area contributed by atoms with Crippen molar-refractivity contribution in [2.24, 2.45) is 7.05 Å². The standard InChI is InChI=1S/C14H24N2.C2H6/c1-5-8-9-12(6-2)10-13-11-15-16(4)14(13)7-3;1-2/h10-11H,5-9H2,1-4H3;1-2H3/b12-10+;. The molecule has 104 valence electrons. The molecular weight excluding hydrogens is 220 g/mol. The van der Waals surface area contributed by atoms with Crippen LogP contribution in [-0.2, 0) is 13.5 Å². The molecule has 0 saturated heterocycles. The van der Waals surface area contributed by atoms with E-state index in [1.54, 1.807) is 5.57 Å². The van der Waals surface area contributed by atoms with E-state index in [0.717, 1.165) is 12.8 Å². The van der Waals surface area contributed by atoms with Gasteiger partial charge in [0.25, 0.3) is 0 Å². The number of rotatable bonds is 6. The van der Waals surface area contributed by atoms with E-state index >= 15 is 0 Å². The van der Waals surface area contributed by atoms with Crippen LogP contribution in [0, 0.1) is 0 Å². The van der Waals surface area contributed by atoms with Crippen molar-refractivity contribution >= 4 is 6.08 Å². The lowest BCUT2D eigenvalue weighted by molar-refractivity contribution is 0.717. The molecule has 0 aliphatic heterocycles. The molecule has 0 bridgehead atoms. The normalized spacial score (nSPS) is 11.1. The lowest BCUT2D eigenvalue weighted by atomic mass is 10.0. The van der Waals surface area contributed by atoms with Gasteiger partial charge in [-0.25, -0.2) is 0 Å². The fraction of sp³-hybridized carbons (Fsp3) is 0.688. The molecule has 0 unspecified atom stereocenters. The molecule has 0 atom stereocenters. The van der Waals surface area contributed by atoms with Crippen LogP contribution in [0.15, 0.2) is 11.8 Å². The average molecular weight is 250 g/mol. The molecule has 0 fully saturated rings. The van der Waals surface area contributed by atoms with Crippen LogP contribution in [0.25, 0.3) is 6.08 Å². The zero-order valence-electron chi connectivity index (χ0n) is 13.1. The van der Waals surface area contributed by atoms with Crippen molar-refractivity contribution in [3.8, 4) is 0 Å². The van der Waals surface area contributed by atoms with Crippen molar-refractivity contribution in [3.63, 3.8) is 0 Å². The quantitative estimate of drug-likeness (QED) is 0.695.